The molecule has 1 aliphatic heterocycles. The van der Waals surface area contributed by atoms with Crippen molar-refractivity contribution in [1.82, 2.24) is 14.7 Å². The molecule has 24 heavy (non-hydrogen) atoms. The molecule has 0 bridgehead atoms. The van der Waals surface area contributed by atoms with Gasteiger partial charge in [0.25, 0.3) is 0 Å². The van der Waals surface area contributed by atoms with Crippen LogP contribution in [-0.2, 0) is 19.6 Å². The fourth-order valence-electron chi connectivity index (χ4n) is 3.36. The Hall–Kier alpha value is -2.01. The summed E-state index contributed by atoms with van der Waals surface area (Å²) in [6.07, 6.45) is 2.62. The van der Waals surface area contributed by atoms with Crippen molar-refractivity contribution in [2.75, 3.05) is 25.5 Å². The summed E-state index contributed by atoms with van der Waals surface area (Å²) >= 11 is 0. The molecule has 0 spiro atoms. The summed E-state index contributed by atoms with van der Waals surface area (Å²) in [5.74, 6) is 1.92. The Kier molecular flexibility index (Phi) is 5.41. The van der Waals surface area contributed by atoms with Crippen LogP contribution < -0.4 is 10.1 Å². The summed E-state index contributed by atoms with van der Waals surface area (Å²) < 4.78 is 7.55. The molecule has 1 saturated heterocycles. The summed E-state index contributed by atoms with van der Waals surface area (Å²) in [5, 5.41) is 7.98. The predicted molar refractivity (Wildman–Crippen MR) is 97.5 cm³/mol. The van der Waals surface area contributed by atoms with Crippen LogP contribution in [0.25, 0.3) is 0 Å². The highest BCUT2D eigenvalue weighted by Crippen LogP contribution is 2.24. The second-order valence-electron chi connectivity index (χ2n) is 6.47. The number of anilines is 1. The fraction of sp³-hybridized carbons (Fsp3) is 0.526. The van der Waals surface area contributed by atoms with Crippen LogP contribution >= 0.6 is 0 Å². The number of methoxy groups -OCH3 is 1. The molecule has 1 aliphatic rings. The molecule has 1 aromatic carbocycles. The second-order valence-corrected chi connectivity index (χ2v) is 6.47. The Balaban J connectivity index is 1.68. The van der Waals surface area contributed by atoms with E-state index in [0.29, 0.717) is 0 Å². The first-order valence-electron chi connectivity index (χ1n) is 8.86. The number of nitrogens with one attached hydrogen (secondary N) is 1. The largest absolute Gasteiger partial charge is 0.496 e. The molecule has 0 aliphatic carbocycles. The summed E-state index contributed by atoms with van der Waals surface area (Å²) in [5.41, 5.74) is 3.71. The SMILES string of the molecule is CCn1nc(NCc2ccc(OC)c(CN3CCCC3)c2)cc1C. The van der Waals surface area contributed by atoms with Crippen LogP contribution in [0.5, 0.6) is 5.75 Å². The van der Waals surface area contributed by atoms with Gasteiger partial charge in [-0.1, -0.05) is 6.07 Å². The Morgan fingerprint density at radius 3 is 2.67 bits per heavy atom. The number of aromatic nitrogens is 2. The zero-order valence-corrected chi connectivity index (χ0v) is 15.0. The minimum atomic E-state index is 0.775. The summed E-state index contributed by atoms with van der Waals surface area (Å²) in [7, 11) is 1.75. The van der Waals surface area contributed by atoms with E-state index in [1.165, 1.54) is 42.8 Å². The van der Waals surface area contributed by atoms with Gasteiger partial charge in [-0.15, -0.1) is 0 Å². The van der Waals surface area contributed by atoms with Gasteiger partial charge in [0.15, 0.2) is 0 Å². The summed E-state index contributed by atoms with van der Waals surface area (Å²) in [6, 6.07) is 8.56. The van der Waals surface area contributed by atoms with Crippen molar-refractivity contribution in [3.8, 4) is 5.75 Å². The maximum Gasteiger partial charge on any atom is 0.148 e. The molecule has 1 N–H and O–H groups in total. The lowest BCUT2D eigenvalue weighted by Crippen LogP contribution is -2.19. The number of aryl methyl sites for hydroxylation is 2. The summed E-state index contributed by atoms with van der Waals surface area (Å²) in [4.78, 5) is 2.50. The quantitative estimate of drug-likeness (QED) is 0.845. The van der Waals surface area contributed by atoms with Crippen LogP contribution in [0.3, 0.4) is 0 Å². The molecule has 0 unspecified atom stereocenters. The van der Waals surface area contributed by atoms with E-state index in [1.807, 2.05) is 4.68 Å². The number of hydrogen-bond donors (Lipinski definition) is 1. The van der Waals surface area contributed by atoms with Crippen molar-refractivity contribution in [3.63, 3.8) is 0 Å². The number of hydrogen-bond acceptors (Lipinski definition) is 4. The van der Waals surface area contributed by atoms with Crippen molar-refractivity contribution in [2.45, 2.75) is 46.3 Å². The maximum atomic E-state index is 5.54. The zero-order chi connectivity index (χ0) is 16.9. The third-order valence-electron chi connectivity index (χ3n) is 4.69. The molecule has 2 aromatic rings. The van der Waals surface area contributed by atoms with E-state index in [0.717, 1.165) is 31.2 Å². The molecular formula is C19H28N4O. The smallest absolute Gasteiger partial charge is 0.148 e. The predicted octanol–water partition coefficient (Wildman–Crippen LogP) is 3.43. The van der Waals surface area contributed by atoms with Crippen molar-refractivity contribution in [1.29, 1.82) is 0 Å². The zero-order valence-electron chi connectivity index (χ0n) is 15.0. The fourth-order valence-corrected chi connectivity index (χ4v) is 3.36. The molecular weight excluding hydrogens is 300 g/mol. The average Bonchev–Trinajstić information content (AvgIpc) is 3.22. The van der Waals surface area contributed by atoms with Crippen molar-refractivity contribution < 1.29 is 4.74 Å². The molecule has 0 atom stereocenters. The van der Waals surface area contributed by atoms with Gasteiger partial charge in [0, 0.05) is 37.0 Å². The van der Waals surface area contributed by atoms with E-state index in [9.17, 15) is 0 Å². The standard InChI is InChI=1S/C19H28N4O/c1-4-23-15(2)11-19(21-23)20-13-16-7-8-18(24-3)17(12-16)14-22-9-5-6-10-22/h7-8,11-12H,4-6,9-10,13-14H2,1-3H3,(H,20,21). The first-order chi connectivity index (χ1) is 11.7. The molecule has 2 heterocycles. The highest BCUT2D eigenvalue weighted by atomic mass is 16.5. The molecule has 0 amide bonds. The number of likely N-dealkylation sites (tertiary alicyclic amines) is 1. The van der Waals surface area contributed by atoms with E-state index < -0.39 is 0 Å². The topological polar surface area (TPSA) is 42.3 Å². The molecule has 0 radical (unpaired) electrons. The average molecular weight is 328 g/mol. The van der Waals surface area contributed by atoms with Gasteiger partial charge < -0.3 is 10.1 Å². The second kappa shape index (κ2) is 7.71. The lowest BCUT2D eigenvalue weighted by molar-refractivity contribution is 0.321. The maximum absolute atomic E-state index is 5.54. The van der Waals surface area contributed by atoms with Crippen LogP contribution in [0.2, 0.25) is 0 Å². The normalized spacial score (nSPS) is 15.0. The lowest BCUT2D eigenvalue weighted by Gasteiger charge is -2.18. The van der Waals surface area contributed by atoms with Crippen LogP contribution in [0, 0.1) is 6.92 Å². The Morgan fingerprint density at radius 2 is 2.00 bits per heavy atom. The minimum Gasteiger partial charge on any atom is -0.496 e. The van der Waals surface area contributed by atoms with Gasteiger partial charge in [-0.2, -0.15) is 5.10 Å². The molecule has 5 heteroatoms. The van der Waals surface area contributed by atoms with Crippen molar-refractivity contribution in [3.05, 3.63) is 41.1 Å². The molecule has 3 rings (SSSR count). The Labute approximate surface area is 144 Å². The minimum absolute atomic E-state index is 0.775. The van der Waals surface area contributed by atoms with Gasteiger partial charge in [0.1, 0.15) is 11.6 Å². The Morgan fingerprint density at radius 1 is 1.21 bits per heavy atom. The molecule has 1 fully saturated rings. The van der Waals surface area contributed by atoms with Gasteiger partial charge in [0.05, 0.1) is 7.11 Å². The van der Waals surface area contributed by atoms with Crippen molar-refractivity contribution in [2.24, 2.45) is 0 Å². The van der Waals surface area contributed by atoms with E-state index >= 15 is 0 Å². The number of nitrogens with zero attached hydrogens (tertiary/aromatic N) is 3. The first-order valence-corrected chi connectivity index (χ1v) is 8.86. The van der Waals surface area contributed by atoms with Crippen LogP contribution in [0.1, 0.15) is 36.6 Å². The third kappa shape index (κ3) is 3.90. The lowest BCUT2D eigenvalue weighted by atomic mass is 10.1. The van der Waals surface area contributed by atoms with Gasteiger partial charge in [-0.05, 0) is 57.5 Å². The van der Waals surface area contributed by atoms with Crippen LogP contribution in [0.4, 0.5) is 5.82 Å². The van der Waals surface area contributed by atoms with Gasteiger partial charge in [-0.3, -0.25) is 9.58 Å². The monoisotopic (exact) mass is 328 g/mol. The van der Waals surface area contributed by atoms with E-state index in [4.69, 9.17) is 4.74 Å². The summed E-state index contributed by atoms with van der Waals surface area (Å²) in [6.45, 7) is 9.23. The van der Waals surface area contributed by atoms with Gasteiger partial charge in [-0.25, -0.2) is 0 Å². The van der Waals surface area contributed by atoms with E-state index in [-0.39, 0.29) is 0 Å². The number of benzene rings is 1. The van der Waals surface area contributed by atoms with Crippen LogP contribution in [0.15, 0.2) is 24.3 Å². The molecule has 5 nitrogen and oxygen atoms in total. The van der Waals surface area contributed by atoms with Crippen molar-refractivity contribution >= 4 is 5.82 Å². The van der Waals surface area contributed by atoms with E-state index in [2.05, 4.69) is 53.4 Å². The van der Waals surface area contributed by atoms with Gasteiger partial charge in [0.2, 0.25) is 0 Å². The number of rotatable bonds is 7. The first kappa shape index (κ1) is 16.8. The molecule has 0 saturated carbocycles. The van der Waals surface area contributed by atoms with Gasteiger partial charge >= 0.3 is 0 Å². The highest BCUT2D eigenvalue weighted by molar-refractivity contribution is 5.41. The molecule has 1 aromatic heterocycles. The van der Waals surface area contributed by atoms with Crippen LogP contribution in [-0.4, -0.2) is 34.9 Å². The number of ether oxygens (including phenoxy) is 1. The Bertz CT molecular complexity index is 674. The van der Waals surface area contributed by atoms with E-state index in [1.54, 1.807) is 7.11 Å². The molecule has 130 valence electrons. The highest BCUT2D eigenvalue weighted by Gasteiger charge is 2.14. The third-order valence-corrected chi connectivity index (χ3v) is 4.69.